The van der Waals surface area contributed by atoms with Crippen molar-refractivity contribution in [2.45, 2.75) is 25.3 Å². The summed E-state index contributed by atoms with van der Waals surface area (Å²) in [5.41, 5.74) is 1.83. The summed E-state index contributed by atoms with van der Waals surface area (Å²) in [5.74, 6) is 0.849. The molecule has 0 aliphatic heterocycles. The third-order valence-corrected chi connectivity index (χ3v) is 5.10. The van der Waals surface area contributed by atoms with Gasteiger partial charge in [-0.05, 0) is 37.6 Å². The molecule has 0 aliphatic carbocycles. The molecule has 0 aliphatic rings. The standard InChI is InChI=1S/C15H13Cl3N2S/c1-9(16)15-19-12-4-2-3-11(17)14(12)20(15)8-7-10-5-6-13(18)21-10/h2-6,9H,7-8H2,1H3. The predicted octanol–water partition coefficient (Wildman–Crippen LogP) is 5.95. The summed E-state index contributed by atoms with van der Waals surface area (Å²) in [7, 11) is 0. The molecule has 0 radical (unpaired) electrons. The van der Waals surface area contributed by atoms with Crippen molar-refractivity contribution in [1.82, 2.24) is 9.55 Å². The second-order valence-corrected chi connectivity index (χ2v) is 7.66. The fourth-order valence-electron chi connectivity index (χ4n) is 2.40. The zero-order chi connectivity index (χ0) is 15.0. The number of alkyl halides is 1. The van der Waals surface area contributed by atoms with Crippen LogP contribution < -0.4 is 0 Å². The fraction of sp³-hybridized carbons (Fsp3) is 0.267. The summed E-state index contributed by atoms with van der Waals surface area (Å²) in [6.07, 6.45) is 0.880. The first-order chi connectivity index (χ1) is 10.1. The van der Waals surface area contributed by atoms with Gasteiger partial charge in [-0.25, -0.2) is 4.98 Å². The van der Waals surface area contributed by atoms with Gasteiger partial charge >= 0.3 is 0 Å². The Hall–Kier alpha value is -0.740. The molecule has 2 aromatic heterocycles. The maximum absolute atomic E-state index is 6.34. The van der Waals surface area contributed by atoms with E-state index < -0.39 is 0 Å². The molecule has 2 heterocycles. The van der Waals surface area contributed by atoms with Crippen molar-refractivity contribution < 1.29 is 0 Å². The van der Waals surface area contributed by atoms with E-state index >= 15 is 0 Å². The zero-order valence-corrected chi connectivity index (χ0v) is 14.4. The molecule has 2 nitrogen and oxygen atoms in total. The SMILES string of the molecule is CC(Cl)c1nc2cccc(Cl)c2n1CCc1ccc(Cl)s1. The van der Waals surface area contributed by atoms with E-state index in [2.05, 4.69) is 15.6 Å². The molecule has 3 aromatic rings. The molecule has 0 fully saturated rings. The number of hydrogen-bond donors (Lipinski definition) is 0. The monoisotopic (exact) mass is 358 g/mol. The van der Waals surface area contributed by atoms with Gasteiger partial charge in [0.25, 0.3) is 0 Å². The van der Waals surface area contributed by atoms with E-state index in [1.54, 1.807) is 11.3 Å². The van der Waals surface area contributed by atoms with Crippen LogP contribution in [0, 0.1) is 0 Å². The molecule has 0 N–H and O–H groups in total. The van der Waals surface area contributed by atoms with Gasteiger partial charge in [-0.1, -0.05) is 29.3 Å². The van der Waals surface area contributed by atoms with Crippen molar-refractivity contribution in [2.24, 2.45) is 0 Å². The molecular formula is C15H13Cl3N2S. The highest BCUT2D eigenvalue weighted by Gasteiger charge is 2.16. The van der Waals surface area contributed by atoms with Gasteiger partial charge in [0.15, 0.2) is 0 Å². The number of aryl methyl sites for hydroxylation is 2. The lowest BCUT2D eigenvalue weighted by molar-refractivity contribution is 0.672. The van der Waals surface area contributed by atoms with Crippen molar-refractivity contribution in [3.8, 4) is 0 Å². The smallest absolute Gasteiger partial charge is 0.127 e. The molecule has 21 heavy (non-hydrogen) atoms. The Bertz CT molecular complexity index is 776. The Morgan fingerprint density at radius 2 is 2.05 bits per heavy atom. The van der Waals surface area contributed by atoms with E-state index in [4.69, 9.17) is 34.8 Å². The minimum Gasteiger partial charge on any atom is -0.325 e. The summed E-state index contributed by atoms with van der Waals surface area (Å²) in [6, 6.07) is 9.72. The lowest BCUT2D eigenvalue weighted by Gasteiger charge is -2.10. The second kappa shape index (κ2) is 6.17. The third kappa shape index (κ3) is 3.07. The summed E-state index contributed by atoms with van der Waals surface area (Å²) in [4.78, 5) is 5.85. The van der Waals surface area contributed by atoms with E-state index in [-0.39, 0.29) is 5.38 Å². The molecule has 1 unspecified atom stereocenters. The number of nitrogens with zero attached hydrogens (tertiary/aromatic N) is 2. The van der Waals surface area contributed by atoms with Crippen LogP contribution in [-0.2, 0) is 13.0 Å². The number of imidazole rings is 1. The number of aromatic nitrogens is 2. The highest BCUT2D eigenvalue weighted by atomic mass is 35.5. The van der Waals surface area contributed by atoms with Crippen LogP contribution in [0.15, 0.2) is 30.3 Å². The summed E-state index contributed by atoms with van der Waals surface area (Å²) >= 11 is 20.2. The second-order valence-electron chi connectivity index (χ2n) is 4.80. The van der Waals surface area contributed by atoms with Gasteiger partial charge in [0.1, 0.15) is 5.82 Å². The van der Waals surface area contributed by atoms with Crippen LogP contribution in [0.2, 0.25) is 9.36 Å². The van der Waals surface area contributed by atoms with Gasteiger partial charge in [-0.2, -0.15) is 0 Å². The number of hydrogen-bond acceptors (Lipinski definition) is 2. The van der Waals surface area contributed by atoms with E-state index in [0.29, 0.717) is 5.02 Å². The lowest BCUT2D eigenvalue weighted by atomic mass is 10.3. The highest BCUT2D eigenvalue weighted by molar-refractivity contribution is 7.16. The normalized spacial score (nSPS) is 13.0. The Kier molecular flexibility index (Phi) is 4.46. The maximum atomic E-state index is 6.34. The van der Waals surface area contributed by atoms with Crippen molar-refractivity contribution in [1.29, 1.82) is 0 Å². The molecule has 1 atom stereocenters. The summed E-state index contributed by atoms with van der Waals surface area (Å²) < 4.78 is 2.92. The average molecular weight is 360 g/mol. The van der Waals surface area contributed by atoms with Crippen LogP contribution >= 0.6 is 46.1 Å². The number of halogens is 3. The first kappa shape index (κ1) is 15.2. The lowest BCUT2D eigenvalue weighted by Crippen LogP contribution is -2.06. The molecule has 110 valence electrons. The van der Waals surface area contributed by atoms with E-state index in [9.17, 15) is 0 Å². The van der Waals surface area contributed by atoms with Crippen molar-refractivity contribution in [3.05, 3.63) is 50.4 Å². The Morgan fingerprint density at radius 1 is 1.24 bits per heavy atom. The van der Waals surface area contributed by atoms with E-state index in [1.807, 2.05) is 31.2 Å². The molecule has 1 aromatic carbocycles. The summed E-state index contributed by atoms with van der Waals surface area (Å²) in [5, 5.41) is 0.535. The van der Waals surface area contributed by atoms with Crippen LogP contribution in [0.1, 0.15) is 23.0 Å². The number of rotatable bonds is 4. The first-order valence-electron chi connectivity index (χ1n) is 6.59. The number of benzene rings is 1. The molecule has 0 spiro atoms. The Labute approximate surface area is 142 Å². The number of thiophene rings is 1. The topological polar surface area (TPSA) is 17.8 Å². The van der Waals surface area contributed by atoms with Gasteiger partial charge in [-0.15, -0.1) is 22.9 Å². The van der Waals surface area contributed by atoms with E-state index in [0.717, 1.165) is 34.2 Å². The quantitative estimate of drug-likeness (QED) is 0.526. The fourth-order valence-corrected chi connectivity index (χ4v) is 3.91. The first-order valence-corrected chi connectivity index (χ1v) is 8.60. The maximum Gasteiger partial charge on any atom is 0.127 e. The number of para-hydroxylation sites is 1. The molecule has 6 heteroatoms. The zero-order valence-electron chi connectivity index (χ0n) is 11.3. The third-order valence-electron chi connectivity index (χ3n) is 3.31. The molecule has 3 rings (SSSR count). The van der Waals surface area contributed by atoms with Gasteiger partial charge in [0.05, 0.1) is 25.8 Å². The largest absolute Gasteiger partial charge is 0.325 e. The Morgan fingerprint density at radius 3 is 2.71 bits per heavy atom. The Balaban J connectivity index is 2.00. The van der Waals surface area contributed by atoms with Crippen molar-refractivity contribution in [2.75, 3.05) is 0 Å². The molecular weight excluding hydrogens is 347 g/mol. The molecule has 0 bridgehead atoms. The predicted molar refractivity (Wildman–Crippen MR) is 92.0 cm³/mol. The summed E-state index contributed by atoms with van der Waals surface area (Å²) in [6.45, 7) is 2.71. The van der Waals surface area contributed by atoms with Crippen LogP contribution in [0.3, 0.4) is 0 Å². The highest BCUT2D eigenvalue weighted by Crippen LogP contribution is 2.30. The van der Waals surface area contributed by atoms with Crippen LogP contribution in [0.5, 0.6) is 0 Å². The van der Waals surface area contributed by atoms with Gasteiger partial charge in [0.2, 0.25) is 0 Å². The molecule has 0 amide bonds. The average Bonchev–Trinajstić information content (AvgIpc) is 3.01. The van der Waals surface area contributed by atoms with Crippen molar-refractivity contribution in [3.63, 3.8) is 0 Å². The molecule has 0 saturated heterocycles. The van der Waals surface area contributed by atoms with Gasteiger partial charge in [-0.3, -0.25) is 0 Å². The van der Waals surface area contributed by atoms with Gasteiger partial charge in [0, 0.05) is 11.4 Å². The van der Waals surface area contributed by atoms with Crippen LogP contribution in [-0.4, -0.2) is 9.55 Å². The number of fused-ring (bicyclic) bond motifs is 1. The molecule has 0 saturated carbocycles. The van der Waals surface area contributed by atoms with Crippen LogP contribution in [0.4, 0.5) is 0 Å². The van der Waals surface area contributed by atoms with Gasteiger partial charge < -0.3 is 4.57 Å². The minimum atomic E-state index is -0.166. The minimum absolute atomic E-state index is 0.166. The van der Waals surface area contributed by atoms with Crippen molar-refractivity contribution >= 4 is 57.2 Å². The van der Waals surface area contributed by atoms with Crippen LogP contribution in [0.25, 0.3) is 11.0 Å². The van der Waals surface area contributed by atoms with E-state index in [1.165, 1.54) is 4.88 Å².